The topological polar surface area (TPSA) is 55.1 Å². The lowest BCUT2D eigenvalue weighted by Gasteiger charge is -2.35. The molecule has 7 heteroatoms. The monoisotopic (exact) mass is 242 g/mol. The van der Waals surface area contributed by atoms with Gasteiger partial charge in [0.05, 0.1) is 6.54 Å². The minimum atomic E-state index is -4.31. The van der Waals surface area contributed by atoms with Gasteiger partial charge in [0.15, 0.2) is 0 Å². The summed E-state index contributed by atoms with van der Waals surface area (Å²) in [6.45, 7) is -1.17. The lowest BCUT2D eigenvalue weighted by molar-refractivity contribution is -0.135. The Morgan fingerprint density at radius 3 is 2.60 bits per heavy atom. The van der Waals surface area contributed by atoms with E-state index in [1.807, 2.05) is 0 Å². The Hall–Kier alpha value is -0.430. The molecule has 1 rings (SSSR count). The van der Waals surface area contributed by atoms with Crippen LogP contribution in [0.2, 0.25) is 0 Å². The van der Waals surface area contributed by atoms with E-state index in [1.165, 1.54) is 11.8 Å². The van der Waals surface area contributed by atoms with Gasteiger partial charge in [-0.3, -0.25) is 10.1 Å². The summed E-state index contributed by atoms with van der Waals surface area (Å²) in [7, 11) is 0. The minimum absolute atomic E-state index is 0.318. The number of halogens is 3. The summed E-state index contributed by atoms with van der Waals surface area (Å²) >= 11 is 1.45. The third-order valence-electron chi connectivity index (χ3n) is 2.34. The first-order valence-electron chi connectivity index (χ1n) is 4.55. The van der Waals surface area contributed by atoms with Crippen molar-refractivity contribution < 1.29 is 18.0 Å². The summed E-state index contributed by atoms with van der Waals surface area (Å²) in [6, 6.07) is 0. The molecule has 1 aliphatic heterocycles. The number of primary amides is 1. The highest BCUT2D eigenvalue weighted by atomic mass is 32.2. The molecule has 0 aromatic rings. The summed E-state index contributed by atoms with van der Waals surface area (Å²) in [5.41, 5.74) is 3.97. The fraction of sp³-hybridized carbons (Fsp3) is 0.875. The van der Waals surface area contributed by atoms with Gasteiger partial charge in [-0.2, -0.15) is 24.9 Å². The van der Waals surface area contributed by atoms with Crippen molar-refractivity contribution in [1.82, 2.24) is 5.32 Å². The lowest BCUT2D eigenvalue weighted by atomic mass is 9.94. The van der Waals surface area contributed by atoms with E-state index in [2.05, 4.69) is 5.32 Å². The number of rotatable bonds is 3. The molecule has 1 amide bonds. The molecule has 0 spiro atoms. The lowest BCUT2D eigenvalue weighted by Crippen LogP contribution is -2.60. The molecule has 0 bridgehead atoms. The second-order valence-corrected chi connectivity index (χ2v) is 4.68. The van der Waals surface area contributed by atoms with Gasteiger partial charge < -0.3 is 5.73 Å². The average Bonchev–Trinajstić information content (AvgIpc) is 2.15. The van der Waals surface area contributed by atoms with Gasteiger partial charge in [0, 0.05) is 5.75 Å². The van der Waals surface area contributed by atoms with Gasteiger partial charge in [0.25, 0.3) is 0 Å². The number of carbonyl (C=O) groups excluding carboxylic acids is 1. The van der Waals surface area contributed by atoms with E-state index in [4.69, 9.17) is 5.73 Å². The fourth-order valence-electron chi connectivity index (χ4n) is 1.48. The number of nitrogens with one attached hydrogen (secondary N) is 1. The second kappa shape index (κ2) is 4.61. The summed E-state index contributed by atoms with van der Waals surface area (Å²) in [6.07, 6.45) is -3.23. The quantitative estimate of drug-likeness (QED) is 0.772. The van der Waals surface area contributed by atoms with Crippen LogP contribution in [0.5, 0.6) is 0 Å². The maximum absolute atomic E-state index is 12.0. The molecular weight excluding hydrogens is 229 g/mol. The molecule has 0 aromatic carbocycles. The predicted molar refractivity (Wildman–Crippen MR) is 52.5 cm³/mol. The molecule has 0 aromatic heterocycles. The van der Waals surface area contributed by atoms with Crippen molar-refractivity contribution in [2.24, 2.45) is 5.73 Å². The summed E-state index contributed by atoms with van der Waals surface area (Å²) < 4.78 is 36.1. The molecule has 1 aliphatic rings. The molecule has 0 radical (unpaired) electrons. The van der Waals surface area contributed by atoms with E-state index < -0.39 is 24.2 Å². The number of hydrogen-bond donors (Lipinski definition) is 2. The van der Waals surface area contributed by atoms with Crippen LogP contribution in [0.1, 0.15) is 12.8 Å². The highest BCUT2D eigenvalue weighted by molar-refractivity contribution is 7.99. The number of alkyl halides is 3. The molecule has 1 atom stereocenters. The summed E-state index contributed by atoms with van der Waals surface area (Å²) in [4.78, 5) is 11.2. The van der Waals surface area contributed by atoms with Crippen LogP contribution in [0.25, 0.3) is 0 Å². The van der Waals surface area contributed by atoms with E-state index in [9.17, 15) is 18.0 Å². The molecule has 0 saturated carbocycles. The Morgan fingerprint density at radius 2 is 2.20 bits per heavy atom. The molecule has 1 fully saturated rings. The van der Waals surface area contributed by atoms with Crippen LogP contribution in [0.3, 0.4) is 0 Å². The Balaban J connectivity index is 2.61. The van der Waals surface area contributed by atoms with Crippen LogP contribution < -0.4 is 11.1 Å². The van der Waals surface area contributed by atoms with Crippen molar-refractivity contribution in [2.45, 2.75) is 24.6 Å². The maximum Gasteiger partial charge on any atom is 0.401 e. The largest absolute Gasteiger partial charge is 0.401 e. The van der Waals surface area contributed by atoms with Gasteiger partial charge in [-0.15, -0.1) is 0 Å². The zero-order valence-electron chi connectivity index (χ0n) is 8.06. The zero-order chi connectivity index (χ0) is 11.5. The van der Waals surface area contributed by atoms with Gasteiger partial charge in [-0.1, -0.05) is 0 Å². The molecule has 3 nitrogen and oxygen atoms in total. The van der Waals surface area contributed by atoms with E-state index in [-0.39, 0.29) is 0 Å². The molecule has 15 heavy (non-hydrogen) atoms. The van der Waals surface area contributed by atoms with Crippen LogP contribution >= 0.6 is 11.8 Å². The molecule has 3 N–H and O–H groups in total. The Bertz CT molecular complexity index is 239. The van der Waals surface area contributed by atoms with Crippen molar-refractivity contribution in [3.8, 4) is 0 Å². The van der Waals surface area contributed by atoms with Gasteiger partial charge in [0.2, 0.25) is 5.91 Å². The van der Waals surface area contributed by atoms with Gasteiger partial charge >= 0.3 is 6.18 Å². The fourth-order valence-corrected chi connectivity index (χ4v) is 2.71. The van der Waals surface area contributed by atoms with Crippen LogP contribution in [0.15, 0.2) is 0 Å². The standard InChI is InChI=1S/C8H13F3N2OS/c9-8(10,11)4-13-7(6(12)14)2-1-3-15-5-7/h13H,1-5H2,(H2,12,14). The van der Waals surface area contributed by atoms with E-state index in [0.29, 0.717) is 18.6 Å². The molecule has 1 heterocycles. The highest BCUT2D eigenvalue weighted by Gasteiger charge is 2.41. The van der Waals surface area contributed by atoms with Crippen LogP contribution in [-0.2, 0) is 4.79 Å². The molecular formula is C8H13F3N2OS. The van der Waals surface area contributed by atoms with Crippen molar-refractivity contribution >= 4 is 17.7 Å². The number of carbonyl (C=O) groups is 1. The first-order chi connectivity index (χ1) is 6.86. The van der Waals surface area contributed by atoms with Gasteiger partial charge in [-0.25, -0.2) is 0 Å². The Kier molecular flexibility index (Phi) is 3.88. The number of hydrogen-bond acceptors (Lipinski definition) is 3. The van der Waals surface area contributed by atoms with Crippen molar-refractivity contribution in [2.75, 3.05) is 18.1 Å². The predicted octanol–water partition coefficient (Wildman–Crippen LogP) is 0.889. The highest BCUT2D eigenvalue weighted by Crippen LogP contribution is 2.27. The number of thioether (sulfide) groups is 1. The minimum Gasteiger partial charge on any atom is -0.368 e. The van der Waals surface area contributed by atoms with Crippen LogP contribution in [0.4, 0.5) is 13.2 Å². The van der Waals surface area contributed by atoms with Gasteiger partial charge in [0.1, 0.15) is 5.54 Å². The third kappa shape index (κ3) is 3.57. The SMILES string of the molecule is NC(=O)C1(NCC(F)(F)F)CCCSC1. The second-order valence-electron chi connectivity index (χ2n) is 3.57. The van der Waals surface area contributed by atoms with Crippen molar-refractivity contribution in [3.05, 3.63) is 0 Å². The Morgan fingerprint density at radius 1 is 1.53 bits per heavy atom. The first-order valence-corrected chi connectivity index (χ1v) is 5.71. The first kappa shape index (κ1) is 12.6. The summed E-state index contributed by atoms with van der Waals surface area (Å²) in [5.74, 6) is 0.486. The number of nitrogens with two attached hydrogens (primary N) is 1. The summed E-state index contributed by atoms with van der Waals surface area (Å²) in [5, 5.41) is 2.25. The molecule has 1 unspecified atom stereocenters. The normalized spacial score (nSPS) is 27.7. The third-order valence-corrected chi connectivity index (χ3v) is 3.61. The van der Waals surface area contributed by atoms with E-state index in [0.717, 1.165) is 5.75 Å². The maximum atomic E-state index is 12.0. The molecule has 1 saturated heterocycles. The van der Waals surface area contributed by atoms with E-state index in [1.54, 1.807) is 0 Å². The van der Waals surface area contributed by atoms with Crippen LogP contribution in [-0.4, -0.2) is 35.7 Å². The molecule has 88 valence electrons. The van der Waals surface area contributed by atoms with Gasteiger partial charge in [-0.05, 0) is 18.6 Å². The van der Waals surface area contributed by atoms with Crippen LogP contribution in [0, 0.1) is 0 Å². The molecule has 0 aliphatic carbocycles. The van der Waals surface area contributed by atoms with Crippen molar-refractivity contribution in [3.63, 3.8) is 0 Å². The Labute approximate surface area is 90.0 Å². The number of amides is 1. The zero-order valence-corrected chi connectivity index (χ0v) is 8.88. The van der Waals surface area contributed by atoms with Crippen molar-refractivity contribution in [1.29, 1.82) is 0 Å². The van der Waals surface area contributed by atoms with E-state index >= 15 is 0 Å². The average molecular weight is 242 g/mol. The smallest absolute Gasteiger partial charge is 0.368 e.